The van der Waals surface area contributed by atoms with E-state index in [9.17, 15) is 5.11 Å². The molecule has 3 heteroatoms. The molecule has 2 N–H and O–H groups in total. The predicted molar refractivity (Wildman–Crippen MR) is 64.7 cm³/mol. The molecule has 2 unspecified atom stereocenters. The summed E-state index contributed by atoms with van der Waals surface area (Å²) in [5.74, 6) is 0. The van der Waals surface area contributed by atoms with Crippen molar-refractivity contribution in [2.24, 2.45) is 0 Å². The summed E-state index contributed by atoms with van der Waals surface area (Å²) in [4.78, 5) is 0. The van der Waals surface area contributed by atoms with Gasteiger partial charge in [0.2, 0.25) is 0 Å². The van der Waals surface area contributed by atoms with Crippen LogP contribution >= 0.6 is 15.9 Å². The van der Waals surface area contributed by atoms with Gasteiger partial charge in [-0.2, -0.15) is 0 Å². The van der Waals surface area contributed by atoms with Crippen molar-refractivity contribution in [2.45, 2.75) is 31.4 Å². The second-order valence-corrected chi connectivity index (χ2v) is 5.33. The molecular formula is C12H16BrNO. The number of nitrogens with one attached hydrogen (secondary N) is 1. The van der Waals surface area contributed by atoms with Crippen LogP contribution in [0.1, 0.15) is 25.3 Å². The van der Waals surface area contributed by atoms with Gasteiger partial charge in [0.15, 0.2) is 0 Å². The van der Waals surface area contributed by atoms with E-state index in [1.54, 1.807) is 0 Å². The molecule has 1 aromatic carbocycles. The van der Waals surface area contributed by atoms with Gasteiger partial charge < -0.3 is 10.4 Å². The van der Waals surface area contributed by atoms with Crippen LogP contribution in [0.3, 0.4) is 0 Å². The van der Waals surface area contributed by atoms with Crippen LogP contribution < -0.4 is 5.32 Å². The molecule has 1 heterocycles. The van der Waals surface area contributed by atoms with Gasteiger partial charge in [0, 0.05) is 10.0 Å². The number of aliphatic hydroxyl groups excluding tert-OH is 1. The van der Waals surface area contributed by atoms with Gasteiger partial charge in [-0.1, -0.05) is 28.1 Å². The van der Waals surface area contributed by atoms with Crippen LogP contribution in [0.4, 0.5) is 0 Å². The highest BCUT2D eigenvalue weighted by atomic mass is 79.9. The van der Waals surface area contributed by atoms with Crippen LogP contribution in [0, 0.1) is 0 Å². The monoisotopic (exact) mass is 269 g/mol. The summed E-state index contributed by atoms with van der Waals surface area (Å²) in [5, 5.41) is 13.2. The maximum Gasteiger partial charge on any atom is 0.0573 e. The van der Waals surface area contributed by atoms with E-state index in [0.29, 0.717) is 0 Å². The molecule has 0 bridgehead atoms. The number of piperidine rings is 1. The number of halogens is 1. The van der Waals surface area contributed by atoms with Crippen molar-refractivity contribution in [1.29, 1.82) is 0 Å². The summed E-state index contributed by atoms with van der Waals surface area (Å²) in [6.07, 6.45) is 1.45. The molecule has 2 atom stereocenters. The Kier molecular flexibility index (Phi) is 3.14. The Morgan fingerprint density at radius 2 is 2.33 bits per heavy atom. The van der Waals surface area contributed by atoms with E-state index < -0.39 is 0 Å². The molecule has 0 spiro atoms. The molecule has 0 amide bonds. The lowest BCUT2D eigenvalue weighted by atomic mass is 9.83. The normalized spacial score (nSPS) is 31.5. The van der Waals surface area contributed by atoms with Gasteiger partial charge in [0.1, 0.15) is 0 Å². The first kappa shape index (κ1) is 11.1. The first-order chi connectivity index (χ1) is 7.10. The molecule has 1 aliphatic rings. The van der Waals surface area contributed by atoms with Crippen molar-refractivity contribution in [1.82, 2.24) is 5.32 Å². The Labute approximate surface area is 98.8 Å². The van der Waals surface area contributed by atoms with Gasteiger partial charge in [0.25, 0.3) is 0 Å². The van der Waals surface area contributed by atoms with Gasteiger partial charge in [-0.05, 0) is 44.0 Å². The molecular weight excluding hydrogens is 254 g/mol. The summed E-state index contributed by atoms with van der Waals surface area (Å²) < 4.78 is 1.09. The fourth-order valence-corrected chi connectivity index (χ4v) is 2.61. The van der Waals surface area contributed by atoms with Crippen LogP contribution in [-0.4, -0.2) is 17.8 Å². The van der Waals surface area contributed by atoms with E-state index in [1.807, 2.05) is 12.1 Å². The van der Waals surface area contributed by atoms with E-state index in [1.165, 1.54) is 5.56 Å². The van der Waals surface area contributed by atoms with Crippen LogP contribution in [0.25, 0.3) is 0 Å². The standard InChI is InChI=1S/C12H16BrNO/c1-12(8-11(15)5-6-14-12)9-3-2-4-10(13)7-9/h2-4,7,11,14-15H,5-6,8H2,1H3. The highest BCUT2D eigenvalue weighted by Crippen LogP contribution is 2.31. The largest absolute Gasteiger partial charge is 0.393 e. The minimum absolute atomic E-state index is 0.0958. The highest BCUT2D eigenvalue weighted by Gasteiger charge is 2.32. The second-order valence-electron chi connectivity index (χ2n) is 4.42. The smallest absolute Gasteiger partial charge is 0.0573 e. The van der Waals surface area contributed by atoms with Crippen LogP contribution in [0.5, 0.6) is 0 Å². The van der Waals surface area contributed by atoms with Crippen molar-refractivity contribution in [2.75, 3.05) is 6.54 Å². The molecule has 1 fully saturated rings. The zero-order valence-corrected chi connectivity index (χ0v) is 10.4. The minimum atomic E-state index is -0.185. The zero-order chi connectivity index (χ0) is 10.9. The SMILES string of the molecule is CC1(c2cccc(Br)c2)CC(O)CCN1. The second kappa shape index (κ2) is 4.24. The Hall–Kier alpha value is -0.380. The van der Waals surface area contributed by atoms with Crippen molar-refractivity contribution >= 4 is 15.9 Å². The third kappa shape index (κ3) is 2.41. The van der Waals surface area contributed by atoms with Gasteiger partial charge in [-0.3, -0.25) is 0 Å². The average Bonchev–Trinajstić information content (AvgIpc) is 2.17. The summed E-state index contributed by atoms with van der Waals surface area (Å²) in [6.45, 7) is 3.03. The molecule has 1 aliphatic heterocycles. The fraction of sp³-hybridized carbons (Fsp3) is 0.500. The zero-order valence-electron chi connectivity index (χ0n) is 8.83. The molecule has 2 nitrogen and oxygen atoms in total. The highest BCUT2D eigenvalue weighted by molar-refractivity contribution is 9.10. The summed E-state index contributed by atoms with van der Waals surface area (Å²) in [6, 6.07) is 8.28. The van der Waals surface area contributed by atoms with E-state index in [2.05, 4.69) is 40.3 Å². The van der Waals surface area contributed by atoms with Crippen LogP contribution in [0.15, 0.2) is 28.7 Å². The minimum Gasteiger partial charge on any atom is -0.393 e. The molecule has 0 aliphatic carbocycles. The Morgan fingerprint density at radius 1 is 1.53 bits per heavy atom. The Bertz CT molecular complexity index is 355. The fourth-order valence-electron chi connectivity index (χ4n) is 2.21. The molecule has 15 heavy (non-hydrogen) atoms. The first-order valence-corrected chi connectivity index (χ1v) is 6.09. The Morgan fingerprint density at radius 3 is 3.00 bits per heavy atom. The van der Waals surface area contributed by atoms with Gasteiger partial charge in [-0.25, -0.2) is 0 Å². The lowest BCUT2D eigenvalue weighted by Gasteiger charge is -2.38. The molecule has 0 radical (unpaired) electrons. The topological polar surface area (TPSA) is 32.3 Å². The quantitative estimate of drug-likeness (QED) is 0.821. The third-order valence-corrected chi connectivity index (χ3v) is 3.59. The number of benzene rings is 1. The number of rotatable bonds is 1. The van der Waals surface area contributed by atoms with Gasteiger partial charge in [0.05, 0.1) is 6.10 Å². The van der Waals surface area contributed by atoms with Crippen molar-refractivity contribution < 1.29 is 5.11 Å². The molecule has 0 saturated carbocycles. The van der Waals surface area contributed by atoms with E-state index in [0.717, 1.165) is 23.9 Å². The molecule has 0 aromatic heterocycles. The number of hydrogen-bond acceptors (Lipinski definition) is 2. The average molecular weight is 270 g/mol. The summed E-state index contributed by atoms with van der Waals surface area (Å²) in [7, 11) is 0. The van der Waals surface area contributed by atoms with E-state index in [4.69, 9.17) is 0 Å². The van der Waals surface area contributed by atoms with Crippen LogP contribution in [0.2, 0.25) is 0 Å². The number of hydrogen-bond donors (Lipinski definition) is 2. The van der Waals surface area contributed by atoms with E-state index in [-0.39, 0.29) is 11.6 Å². The Balaban J connectivity index is 2.28. The molecule has 2 rings (SSSR count). The summed E-state index contributed by atoms with van der Waals surface area (Å²) in [5.41, 5.74) is 1.14. The van der Waals surface area contributed by atoms with Crippen LogP contribution in [-0.2, 0) is 5.54 Å². The van der Waals surface area contributed by atoms with E-state index >= 15 is 0 Å². The van der Waals surface area contributed by atoms with Gasteiger partial charge >= 0.3 is 0 Å². The lowest BCUT2D eigenvalue weighted by molar-refractivity contribution is 0.0835. The number of aliphatic hydroxyl groups is 1. The maximum atomic E-state index is 9.72. The van der Waals surface area contributed by atoms with Crippen molar-refractivity contribution in [3.05, 3.63) is 34.3 Å². The van der Waals surface area contributed by atoms with Crippen molar-refractivity contribution in [3.63, 3.8) is 0 Å². The summed E-state index contributed by atoms with van der Waals surface area (Å²) >= 11 is 3.48. The maximum absolute atomic E-state index is 9.72. The van der Waals surface area contributed by atoms with Crippen molar-refractivity contribution in [3.8, 4) is 0 Å². The molecule has 1 saturated heterocycles. The first-order valence-electron chi connectivity index (χ1n) is 5.29. The lowest BCUT2D eigenvalue weighted by Crippen LogP contribution is -2.47. The van der Waals surface area contributed by atoms with Gasteiger partial charge in [-0.15, -0.1) is 0 Å². The predicted octanol–water partition coefficient (Wildman–Crippen LogP) is 2.41. The molecule has 82 valence electrons. The third-order valence-electron chi connectivity index (χ3n) is 3.10. The molecule has 1 aromatic rings.